The second-order valence-corrected chi connectivity index (χ2v) is 3.09. The van der Waals surface area contributed by atoms with Crippen molar-refractivity contribution in [3.63, 3.8) is 0 Å². The van der Waals surface area contributed by atoms with Crippen LogP contribution in [-0.2, 0) is 13.2 Å². The summed E-state index contributed by atoms with van der Waals surface area (Å²) >= 11 is 0. The van der Waals surface area contributed by atoms with Gasteiger partial charge in [-0.05, 0) is 0 Å². The smallest absolute Gasteiger partial charge is 0.319 e. The highest BCUT2D eigenvalue weighted by atomic mass is 19.3. The van der Waals surface area contributed by atoms with Crippen LogP contribution >= 0.6 is 0 Å². The lowest BCUT2D eigenvalue weighted by molar-refractivity contribution is 0.0665. The predicted molar refractivity (Wildman–Crippen MR) is 48.5 cm³/mol. The van der Waals surface area contributed by atoms with E-state index >= 15 is 0 Å². The summed E-state index contributed by atoms with van der Waals surface area (Å²) in [6.45, 7) is -2.77. The molecule has 0 atom stereocenters. The quantitative estimate of drug-likeness (QED) is 0.824. The second kappa shape index (κ2) is 4.35. The third-order valence-corrected chi connectivity index (χ3v) is 2.01. The van der Waals surface area contributed by atoms with E-state index in [9.17, 15) is 8.78 Å². The minimum Gasteiger partial charge on any atom is -0.390 e. The zero-order chi connectivity index (χ0) is 11.5. The van der Waals surface area contributed by atoms with Gasteiger partial charge in [0.25, 0.3) is 0 Å². The molecule has 0 aliphatic heterocycles. The summed E-state index contributed by atoms with van der Waals surface area (Å²) < 4.78 is 27.0. The summed E-state index contributed by atoms with van der Waals surface area (Å²) in [5.74, 6) is 0.185. The summed E-state index contributed by atoms with van der Waals surface area (Å²) in [7, 11) is 0. The summed E-state index contributed by atoms with van der Waals surface area (Å²) in [5.41, 5.74) is 0.384. The molecule has 2 aromatic rings. The maximum absolute atomic E-state index is 12.5. The molecular weight excluding hydrogens is 220 g/mol. The average Bonchev–Trinajstić information content (AvgIpc) is 2.87. The predicted octanol–water partition coefficient (Wildman–Crippen LogP) is 0.410. The Balaban J connectivity index is 2.17. The van der Waals surface area contributed by atoms with Crippen molar-refractivity contribution in [2.45, 2.75) is 19.7 Å². The van der Waals surface area contributed by atoms with E-state index in [2.05, 4.69) is 15.3 Å². The molecule has 0 bridgehead atoms. The van der Waals surface area contributed by atoms with E-state index in [1.165, 1.54) is 23.3 Å². The third kappa shape index (κ3) is 2.06. The Kier molecular flexibility index (Phi) is 2.91. The standard InChI is InChI=1S/C8H9F2N5O/c9-8(10)15-2-1-11-7(15)4-14-3-6(5-16)12-13-14/h1-3,8,16H,4-5H2. The monoisotopic (exact) mass is 229 g/mol. The van der Waals surface area contributed by atoms with E-state index in [0.717, 1.165) is 4.57 Å². The Bertz CT molecular complexity index is 466. The topological polar surface area (TPSA) is 68.8 Å². The lowest BCUT2D eigenvalue weighted by Crippen LogP contribution is -2.09. The third-order valence-electron chi connectivity index (χ3n) is 2.01. The second-order valence-electron chi connectivity index (χ2n) is 3.09. The number of aliphatic hydroxyl groups excluding tert-OH is 1. The first-order valence-corrected chi connectivity index (χ1v) is 4.50. The molecule has 0 fully saturated rings. The molecule has 86 valence electrons. The maximum Gasteiger partial charge on any atom is 0.319 e. The van der Waals surface area contributed by atoms with Gasteiger partial charge in [0, 0.05) is 12.4 Å². The number of imidazole rings is 1. The van der Waals surface area contributed by atoms with Gasteiger partial charge < -0.3 is 5.11 Å². The number of aliphatic hydroxyl groups is 1. The van der Waals surface area contributed by atoms with Crippen LogP contribution in [0.1, 0.15) is 18.1 Å². The van der Waals surface area contributed by atoms with E-state index in [0.29, 0.717) is 5.69 Å². The molecule has 8 heteroatoms. The Labute approximate surface area is 89.1 Å². The highest BCUT2D eigenvalue weighted by Crippen LogP contribution is 2.12. The lowest BCUT2D eigenvalue weighted by Gasteiger charge is -2.05. The van der Waals surface area contributed by atoms with E-state index < -0.39 is 6.55 Å². The van der Waals surface area contributed by atoms with Crippen molar-refractivity contribution in [3.05, 3.63) is 30.1 Å². The van der Waals surface area contributed by atoms with Gasteiger partial charge in [0.05, 0.1) is 12.8 Å². The fraction of sp³-hybridized carbons (Fsp3) is 0.375. The van der Waals surface area contributed by atoms with Crippen LogP contribution in [0.5, 0.6) is 0 Å². The molecule has 2 heterocycles. The fourth-order valence-corrected chi connectivity index (χ4v) is 1.28. The molecular formula is C8H9F2N5O. The van der Waals surface area contributed by atoms with Gasteiger partial charge in [-0.1, -0.05) is 5.21 Å². The molecule has 0 aromatic carbocycles. The van der Waals surface area contributed by atoms with Crippen LogP contribution in [0.25, 0.3) is 0 Å². The van der Waals surface area contributed by atoms with Crippen molar-refractivity contribution < 1.29 is 13.9 Å². The highest BCUT2D eigenvalue weighted by molar-refractivity contribution is 4.96. The van der Waals surface area contributed by atoms with Gasteiger partial charge in [-0.2, -0.15) is 8.78 Å². The number of hydrogen-bond acceptors (Lipinski definition) is 4. The summed E-state index contributed by atoms with van der Waals surface area (Å²) in [4.78, 5) is 3.80. The minimum absolute atomic E-state index is 0.0876. The molecule has 16 heavy (non-hydrogen) atoms. The van der Waals surface area contributed by atoms with Gasteiger partial charge >= 0.3 is 6.55 Å². The number of aromatic nitrogens is 5. The number of hydrogen-bond donors (Lipinski definition) is 1. The molecule has 0 spiro atoms. The SMILES string of the molecule is OCc1cn(Cc2nccn2C(F)F)nn1. The number of alkyl halides is 2. The first-order valence-electron chi connectivity index (χ1n) is 4.50. The van der Waals surface area contributed by atoms with Gasteiger partial charge in [-0.3, -0.25) is 4.57 Å². The van der Waals surface area contributed by atoms with Crippen LogP contribution in [-0.4, -0.2) is 29.7 Å². The van der Waals surface area contributed by atoms with Crippen LogP contribution in [0.15, 0.2) is 18.6 Å². The Morgan fingerprint density at radius 1 is 1.44 bits per heavy atom. The first-order chi connectivity index (χ1) is 7.70. The van der Waals surface area contributed by atoms with Crippen molar-refractivity contribution in [1.82, 2.24) is 24.5 Å². The summed E-state index contributed by atoms with van der Waals surface area (Å²) in [5, 5.41) is 16.1. The van der Waals surface area contributed by atoms with E-state index in [1.807, 2.05) is 0 Å². The van der Waals surface area contributed by atoms with E-state index in [4.69, 9.17) is 5.11 Å². The van der Waals surface area contributed by atoms with Gasteiger partial charge in [0.15, 0.2) is 0 Å². The van der Waals surface area contributed by atoms with Crippen molar-refractivity contribution in [3.8, 4) is 0 Å². The molecule has 2 aromatic heterocycles. The Morgan fingerprint density at radius 2 is 2.25 bits per heavy atom. The zero-order valence-corrected chi connectivity index (χ0v) is 8.16. The fourth-order valence-electron chi connectivity index (χ4n) is 1.28. The van der Waals surface area contributed by atoms with Crippen LogP contribution < -0.4 is 0 Å². The molecule has 1 N–H and O–H groups in total. The molecule has 0 saturated carbocycles. The van der Waals surface area contributed by atoms with E-state index in [1.54, 1.807) is 0 Å². The zero-order valence-electron chi connectivity index (χ0n) is 8.16. The van der Waals surface area contributed by atoms with Gasteiger partial charge in [-0.25, -0.2) is 9.67 Å². The van der Waals surface area contributed by atoms with Crippen molar-refractivity contribution in [2.24, 2.45) is 0 Å². The molecule has 2 rings (SSSR count). The maximum atomic E-state index is 12.5. The van der Waals surface area contributed by atoms with Crippen molar-refractivity contribution in [1.29, 1.82) is 0 Å². The highest BCUT2D eigenvalue weighted by Gasteiger charge is 2.12. The number of rotatable bonds is 4. The molecule has 6 nitrogen and oxygen atoms in total. The van der Waals surface area contributed by atoms with Crippen LogP contribution in [0.3, 0.4) is 0 Å². The molecule has 0 saturated heterocycles. The van der Waals surface area contributed by atoms with Gasteiger partial charge in [-0.15, -0.1) is 5.10 Å². The number of nitrogens with zero attached hydrogens (tertiary/aromatic N) is 5. The summed E-state index contributed by atoms with van der Waals surface area (Å²) in [6, 6.07) is 0. The first kappa shape index (κ1) is 10.7. The molecule has 0 aliphatic rings. The molecule has 0 radical (unpaired) electrons. The summed E-state index contributed by atoms with van der Waals surface area (Å²) in [6.07, 6.45) is 3.97. The molecule has 0 unspecified atom stereocenters. The average molecular weight is 229 g/mol. The number of halogens is 2. The van der Waals surface area contributed by atoms with Crippen LogP contribution in [0.4, 0.5) is 8.78 Å². The van der Waals surface area contributed by atoms with E-state index in [-0.39, 0.29) is 19.0 Å². The molecule has 0 amide bonds. The Hall–Kier alpha value is -1.83. The molecule has 0 aliphatic carbocycles. The Morgan fingerprint density at radius 3 is 2.88 bits per heavy atom. The van der Waals surface area contributed by atoms with Gasteiger partial charge in [0.2, 0.25) is 0 Å². The van der Waals surface area contributed by atoms with Crippen LogP contribution in [0, 0.1) is 0 Å². The van der Waals surface area contributed by atoms with Crippen LogP contribution in [0.2, 0.25) is 0 Å². The normalized spacial score (nSPS) is 11.2. The largest absolute Gasteiger partial charge is 0.390 e. The van der Waals surface area contributed by atoms with Crippen molar-refractivity contribution >= 4 is 0 Å². The van der Waals surface area contributed by atoms with Gasteiger partial charge in [0.1, 0.15) is 18.1 Å². The van der Waals surface area contributed by atoms with Crippen molar-refractivity contribution in [2.75, 3.05) is 0 Å². The minimum atomic E-state index is -2.63. The lowest BCUT2D eigenvalue weighted by atomic mass is 10.5.